The summed E-state index contributed by atoms with van der Waals surface area (Å²) in [5, 5.41) is 5.36. The van der Waals surface area contributed by atoms with Crippen molar-refractivity contribution in [2.24, 2.45) is 0 Å². The van der Waals surface area contributed by atoms with E-state index >= 15 is 0 Å². The van der Waals surface area contributed by atoms with Crippen molar-refractivity contribution in [3.05, 3.63) is 23.8 Å². The number of benzene rings is 1. The number of halogens is 2. The number of ether oxygens (including phenoxy) is 2. The van der Waals surface area contributed by atoms with E-state index in [-0.39, 0.29) is 17.5 Å². The van der Waals surface area contributed by atoms with E-state index in [1.165, 1.54) is 13.2 Å². The molecule has 7 heteroatoms. The van der Waals surface area contributed by atoms with Crippen LogP contribution in [0.15, 0.2) is 18.2 Å². The normalized spacial score (nSPS) is 10.3. The Morgan fingerprint density at radius 2 is 1.95 bits per heavy atom. The van der Waals surface area contributed by atoms with Crippen molar-refractivity contribution < 1.29 is 23.0 Å². The first-order chi connectivity index (χ1) is 10.1. The molecule has 0 aliphatic rings. The zero-order valence-corrected chi connectivity index (χ0v) is 12.1. The van der Waals surface area contributed by atoms with Gasteiger partial charge in [-0.25, -0.2) is 4.79 Å². The lowest BCUT2D eigenvalue weighted by molar-refractivity contribution is -0.0512. The predicted octanol–water partition coefficient (Wildman–Crippen LogP) is 2.55. The van der Waals surface area contributed by atoms with Crippen LogP contribution in [0.4, 0.5) is 13.6 Å². The minimum atomic E-state index is -2.91. The van der Waals surface area contributed by atoms with Gasteiger partial charge in [0, 0.05) is 13.1 Å². The van der Waals surface area contributed by atoms with Gasteiger partial charge in [-0.1, -0.05) is 13.0 Å². The Hall–Kier alpha value is -2.05. The average Bonchev–Trinajstić information content (AvgIpc) is 2.45. The topological polar surface area (TPSA) is 59.6 Å². The maximum atomic E-state index is 12.3. The molecule has 0 fully saturated rings. The number of amides is 2. The zero-order valence-electron chi connectivity index (χ0n) is 12.1. The van der Waals surface area contributed by atoms with Crippen LogP contribution in [0.25, 0.3) is 0 Å². The number of hydrogen-bond acceptors (Lipinski definition) is 3. The summed E-state index contributed by atoms with van der Waals surface area (Å²) >= 11 is 0. The highest BCUT2D eigenvalue weighted by Gasteiger charge is 2.11. The third kappa shape index (κ3) is 6.29. The molecule has 1 rings (SSSR count). The second kappa shape index (κ2) is 8.99. The lowest BCUT2D eigenvalue weighted by Gasteiger charge is -2.12. The fourth-order valence-corrected chi connectivity index (χ4v) is 1.69. The summed E-state index contributed by atoms with van der Waals surface area (Å²) < 4.78 is 34.0. The Labute approximate surface area is 122 Å². The van der Waals surface area contributed by atoms with Gasteiger partial charge in [0.15, 0.2) is 11.5 Å². The summed E-state index contributed by atoms with van der Waals surface area (Å²) in [4.78, 5) is 11.3. The van der Waals surface area contributed by atoms with E-state index in [2.05, 4.69) is 15.4 Å². The summed E-state index contributed by atoms with van der Waals surface area (Å²) in [6, 6.07) is 4.54. The molecular weight excluding hydrogens is 282 g/mol. The fraction of sp³-hybridized carbons (Fsp3) is 0.500. The first-order valence-corrected chi connectivity index (χ1v) is 6.70. The van der Waals surface area contributed by atoms with Gasteiger partial charge < -0.3 is 20.1 Å². The number of carbonyl (C=O) groups is 1. The molecule has 0 saturated heterocycles. The van der Waals surface area contributed by atoms with E-state index < -0.39 is 6.61 Å². The summed E-state index contributed by atoms with van der Waals surface area (Å²) in [6.45, 7) is 0.0611. The van der Waals surface area contributed by atoms with E-state index in [4.69, 9.17) is 4.74 Å². The van der Waals surface area contributed by atoms with Crippen molar-refractivity contribution >= 4 is 6.03 Å². The van der Waals surface area contributed by atoms with Crippen molar-refractivity contribution in [2.45, 2.75) is 26.4 Å². The number of rotatable bonds is 8. The largest absolute Gasteiger partial charge is 0.493 e. The highest BCUT2D eigenvalue weighted by atomic mass is 19.3. The quantitative estimate of drug-likeness (QED) is 0.776. The molecule has 0 radical (unpaired) electrons. The van der Waals surface area contributed by atoms with Crippen molar-refractivity contribution in [2.75, 3.05) is 20.2 Å². The monoisotopic (exact) mass is 302 g/mol. The molecule has 0 aromatic heterocycles. The maximum Gasteiger partial charge on any atom is 0.387 e. The van der Waals surface area contributed by atoms with E-state index in [1.807, 2.05) is 6.92 Å². The molecule has 5 nitrogen and oxygen atoms in total. The van der Waals surface area contributed by atoms with Crippen LogP contribution in [0, 0.1) is 0 Å². The van der Waals surface area contributed by atoms with Crippen LogP contribution in [0.3, 0.4) is 0 Å². The molecule has 1 aromatic rings. The molecule has 0 unspecified atom stereocenters. The predicted molar refractivity (Wildman–Crippen MR) is 75.0 cm³/mol. The van der Waals surface area contributed by atoms with Gasteiger partial charge in [-0.3, -0.25) is 0 Å². The Morgan fingerprint density at radius 1 is 1.24 bits per heavy atom. The molecule has 2 amide bonds. The second-order valence-electron chi connectivity index (χ2n) is 4.30. The number of hydrogen-bond donors (Lipinski definition) is 2. The minimum absolute atomic E-state index is 0.0135. The van der Waals surface area contributed by atoms with E-state index in [0.29, 0.717) is 19.5 Å². The lowest BCUT2D eigenvalue weighted by Crippen LogP contribution is -2.36. The molecular formula is C14H20F2N2O3. The molecule has 0 saturated carbocycles. The lowest BCUT2D eigenvalue weighted by atomic mass is 10.1. The Morgan fingerprint density at radius 3 is 2.57 bits per heavy atom. The third-order valence-electron chi connectivity index (χ3n) is 2.68. The number of nitrogens with one attached hydrogen (secondary N) is 2. The Kier molecular flexibility index (Phi) is 7.28. The van der Waals surface area contributed by atoms with Gasteiger partial charge in [-0.2, -0.15) is 8.78 Å². The van der Waals surface area contributed by atoms with Crippen molar-refractivity contribution in [1.29, 1.82) is 0 Å². The molecule has 0 aliphatic carbocycles. The fourth-order valence-electron chi connectivity index (χ4n) is 1.69. The number of carbonyl (C=O) groups excluding carboxylic acids is 1. The van der Waals surface area contributed by atoms with Gasteiger partial charge in [0.25, 0.3) is 0 Å². The standard InChI is InChI=1S/C14H20F2N2O3/c1-3-7-17-14(19)18-8-6-10-4-5-11(20-2)12(9-10)21-13(15)16/h4-5,9,13H,3,6-8H2,1-2H3,(H2,17,18,19). The zero-order chi connectivity index (χ0) is 15.7. The highest BCUT2D eigenvalue weighted by molar-refractivity contribution is 5.73. The van der Waals surface area contributed by atoms with Gasteiger partial charge in [-0.15, -0.1) is 0 Å². The molecule has 21 heavy (non-hydrogen) atoms. The molecule has 0 bridgehead atoms. The maximum absolute atomic E-state index is 12.3. The van der Waals surface area contributed by atoms with E-state index in [0.717, 1.165) is 12.0 Å². The summed E-state index contributed by atoms with van der Waals surface area (Å²) in [5.74, 6) is 0.230. The van der Waals surface area contributed by atoms with Gasteiger partial charge in [-0.05, 0) is 30.5 Å². The number of alkyl halides is 2. The smallest absolute Gasteiger partial charge is 0.387 e. The molecule has 118 valence electrons. The van der Waals surface area contributed by atoms with Crippen molar-refractivity contribution in [3.63, 3.8) is 0 Å². The van der Waals surface area contributed by atoms with Crippen LogP contribution >= 0.6 is 0 Å². The van der Waals surface area contributed by atoms with Gasteiger partial charge in [0.1, 0.15) is 0 Å². The summed E-state index contributed by atoms with van der Waals surface area (Å²) in [5.41, 5.74) is 0.766. The second-order valence-corrected chi connectivity index (χ2v) is 4.30. The van der Waals surface area contributed by atoms with Gasteiger partial charge >= 0.3 is 12.6 Å². The Bertz CT molecular complexity index is 456. The van der Waals surface area contributed by atoms with Crippen LogP contribution in [-0.2, 0) is 6.42 Å². The first-order valence-electron chi connectivity index (χ1n) is 6.70. The number of urea groups is 1. The summed E-state index contributed by atoms with van der Waals surface area (Å²) in [7, 11) is 1.38. The molecule has 1 aromatic carbocycles. The molecule has 0 heterocycles. The molecule has 0 spiro atoms. The highest BCUT2D eigenvalue weighted by Crippen LogP contribution is 2.29. The van der Waals surface area contributed by atoms with Crippen LogP contribution in [0.5, 0.6) is 11.5 Å². The van der Waals surface area contributed by atoms with Crippen molar-refractivity contribution in [3.8, 4) is 11.5 Å². The van der Waals surface area contributed by atoms with Gasteiger partial charge in [0.2, 0.25) is 0 Å². The SMILES string of the molecule is CCCNC(=O)NCCc1ccc(OC)c(OC(F)F)c1. The summed E-state index contributed by atoms with van der Waals surface area (Å²) in [6.07, 6.45) is 1.36. The molecule has 2 N–H and O–H groups in total. The van der Waals surface area contributed by atoms with E-state index in [9.17, 15) is 13.6 Å². The van der Waals surface area contributed by atoms with Crippen LogP contribution in [0.1, 0.15) is 18.9 Å². The first kappa shape index (κ1) is 17.0. The van der Waals surface area contributed by atoms with Gasteiger partial charge in [0.05, 0.1) is 7.11 Å². The van der Waals surface area contributed by atoms with Crippen LogP contribution in [0.2, 0.25) is 0 Å². The minimum Gasteiger partial charge on any atom is -0.493 e. The number of methoxy groups -OCH3 is 1. The van der Waals surface area contributed by atoms with E-state index in [1.54, 1.807) is 12.1 Å². The van der Waals surface area contributed by atoms with Crippen LogP contribution < -0.4 is 20.1 Å². The molecule has 0 atom stereocenters. The molecule has 0 aliphatic heterocycles. The van der Waals surface area contributed by atoms with Crippen molar-refractivity contribution in [1.82, 2.24) is 10.6 Å². The third-order valence-corrected chi connectivity index (χ3v) is 2.68. The van der Waals surface area contributed by atoms with Crippen LogP contribution in [-0.4, -0.2) is 32.8 Å². The average molecular weight is 302 g/mol. The Balaban J connectivity index is 2.53.